The number of aliphatic hydroxyl groups excluding tert-OH is 1. The van der Waals surface area contributed by atoms with Crippen LogP contribution in [-0.2, 0) is 0 Å². The van der Waals surface area contributed by atoms with Gasteiger partial charge in [0.05, 0.1) is 0 Å². The molecule has 0 aliphatic rings. The predicted octanol–water partition coefficient (Wildman–Crippen LogP) is 2.83. The highest BCUT2D eigenvalue weighted by Crippen LogP contribution is 2.17. The topological polar surface area (TPSA) is 70.6 Å². The van der Waals surface area contributed by atoms with Crippen molar-refractivity contribution in [2.75, 3.05) is 18.5 Å². The normalized spacial score (nSPS) is 11.7. The monoisotopic (exact) mass is 336 g/mol. The number of halogens is 2. The number of benzene rings is 2. The molecule has 5 nitrogen and oxygen atoms in total. The van der Waals surface area contributed by atoms with Gasteiger partial charge in [0.2, 0.25) is 0 Å². The minimum Gasteiger partial charge on any atom is -0.491 e. The fourth-order valence-corrected chi connectivity index (χ4v) is 1.90. The van der Waals surface area contributed by atoms with Crippen molar-refractivity contribution >= 4 is 11.7 Å². The van der Waals surface area contributed by atoms with Gasteiger partial charge in [-0.2, -0.15) is 0 Å². The van der Waals surface area contributed by atoms with Crippen molar-refractivity contribution in [2.45, 2.75) is 13.0 Å². The van der Waals surface area contributed by atoms with Crippen LogP contribution >= 0.6 is 0 Å². The van der Waals surface area contributed by atoms with Gasteiger partial charge in [0.15, 0.2) is 0 Å². The van der Waals surface area contributed by atoms with Gasteiger partial charge in [0.1, 0.15) is 30.1 Å². The number of nitrogens with one attached hydrogen (secondary N) is 2. The highest BCUT2D eigenvalue weighted by Gasteiger charge is 2.10. The number of rotatable bonds is 6. The summed E-state index contributed by atoms with van der Waals surface area (Å²) >= 11 is 0. The molecule has 2 aromatic carbocycles. The maximum absolute atomic E-state index is 13.4. The van der Waals surface area contributed by atoms with E-state index in [0.717, 1.165) is 0 Å². The minimum absolute atomic E-state index is 0.0542. The van der Waals surface area contributed by atoms with E-state index >= 15 is 0 Å². The van der Waals surface area contributed by atoms with Crippen molar-refractivity contribution < 1.29 is 23.4 Å². The molecule has 24 heavy (non-hydrogen) atoms. The first-order valence-electron chi connectivity index (χ1n) is 7.32. The summed E-state index contributed by atoms with van der Waals surface area (Å²) in [5.41, 5.74) is 0.678. The number of ether oxygens (including phenoxy) is 1. The molecule has 0 saturated heterocycles. The fourth-order valence-electron chi connectivity index (χ4n) is 1.90. The molecule has 0 saturated carbocycles. The summed E-state index contributed by atoms with van der Waals surface area (Å²) < 4.78 is 31.4. The molecular formula is C17H18F2N2O3. The number of urea groups is 1. The zero-order valence-corrected chi connectivity index (χ0v) is 13.1. The number of aliphatic hydroxyl groups is 1. The van der Waals surface area contributed by atoms with E-state index in [1.54, 1.807) is 13.0 Å². The van der Waals surface area contributed by atoms with E-state index in [0.29, 0.717) is 17.0 Å². The summed E-state index contributed by atoms with van der Waals surface area (Å²) in [4.78, 5) is 11.8. The summed E-state index contributed by atoms with van der Waals surface area (Å²) in [5.74, 6) is -0.385. The van der Waals surface area contributed by atoms with Crippen molar-refractivity contribution in [3.05, 3.63) is 59.7 Å². The number of hydrogen-bond acceptors (Lipinski definition) is 3. The Morgan fingerprint density at radius 1 is 1.21 bits per heavy atom. The van der Waals surface area contributed by atoms with Crippen LogP contribution in [0.4, 0.5) is 19.3 Å². The second kappa shape index (κ2) is 8.26. The molecule has 0 aliphatic heterocycles. The van der Waals surface area contributed by atoms with E-state index in [-0.39, 0.29) is 19.0 Å². The average Bonchev–Trinajstić information content (AvgIpc) is 2.56. The molecule has 2 rings (SSSR count). The Bertz CT molecular complexity index is 693. The third kappa shape index (κ3) is 5.20. The summed E-state index contributed by atoms with van der Waals surface area (Å²) in [6, 6.07) is 9.17. The first kappa shape index (κ1) is 17.7. The van der Waals surface area contributed by atoms with Gasteiger partial charge in [0, 0.05) is 17.8 Å². The van der Waals surface area contributed by atoms with E-state index in [1.807, 2.05) is 0 Å². The molecule has 0 heterocycles. The number of anilines is 1. The summed E-state index contributed by atoms with van der Waals surface area (Å²) in [5, 5.41) is 14.7. The lowest BCUT2D eigenvalue weighted by atomic mass is 10.2. The maximum Gasteiger partial charge on any atom is 0.319 e. The number of carbonyl (C=O) groups is 1. The Morgan fingerprint density at radius 3 is 2.62 bits per heavy atom. The molecule has 2 aromatic rings. The molecule has 0 bridgehead atoms. The summed E-state index contributed by atoms with van der Waals surface area (Å²) in [7, 11) is 0. The molecule has 1 atom stereocenters. The van der Waals surface area contributed by atoms with Gasteiger partial charge < -0.3 is 20.5 Å². The lowest BCUT2D eigenvalue weighted by Gasteiger charge is -2.14. The molecule has 0 radical (unpaired) electrons. The lowest BCUT2D eigenvalue weighted by molar-refractivity contribution is 0.108. The van der Waals surface area contributed by atoms with Gasteiger partial charge in [-0.1, -0.05) is 6.07 Å². The molecular weight excluding hydrogens is 318 g/mol. The Morgan fingerprint density at radius 2 is 1.92 bits per heavy atom. The third-order valence-corrected chi connectivity index (χ3v) is 3.27. The molecule has 0 spiro atoms. The lowest BCUT2D eigenvalue weighted by Crippen LogP contribution is -2.37. The first-order valence-corrected chi connectivity index (χ1v) is 7.32. The highest BCUT2D eigenvalue weighted by molar-refractivity contribution is 5.90. The van der Waals surface area contributed by atoms with Crippen LogP contribution in [0.1, 0.15) is 5.56 Å². The highest BCUT2D eigenvalue weighted by atomic mass is 19.1. The quantitative estimate of drug-likeness (QED) is 0.760. The number of carbonyl (C=O) groups excluding carboxylic acids is 1. The smallest absolute Gasteiger partial charge is 0.319 e. The van der Waals surface area contributed by atoms with Gasteiger partial charge in [-0.25, -0.2) is 13.6 Å². The van der Waals surface area contributed by atoms with Crippen LogP contribution in [0, 0.1) is 18.6 Å². The largest absolute Gasteiger partial charge is 0.491 e. The van der Waals surface area contributed by atoms with E-state index in [2.05, 4.69) is 10.6 Å². The molecule has 1 unspecified atom stereocenters. The van der Waals surface area contributed by atoms with Crippen molar-refractivity contribution in [1.82, 2.24) is 5.32 Å². The zero-order chi connectivity index (χ0) is 17.5. The molecule has 128 valence electrons. The van der Waals surface area contributed by atoms with E-state index < -0.39 is 18.0 Å². The third-order valence-electron chi connectivity index (χ3n) is 3.27. The minimum atomic E-state index is -0.950. The van der Waals surface area contributed by atoms with Crippen molar-refractivity contribution in [1.29, 1.82) is 0 Å². The molecule has 0 aromatic heterocycles. The van der Waals surface area contributed by atoms with Gasteiger partial charge in [-0.3, -0.25) is 0 Å². The standard InChI is InChI=1S/C17H18F2N2O3/c1-11-15(19)3-2-4-16(11)21-17(23)20-9-13(22)10-24-14-7-5-12(18)6-8-14/h2-8,13,22H,9-10H2,1H3,(H2,20,21,23). The Hall–Kier alpha value is -2.67. The SMILES string of the molecule is Cc1c(F)cccc1NC(=O)NCC(O)COc1ccc(F)cc1. The molecule has 3 N–H and O–H groups in total. The number of hydrogen-bond donors (Lipinski definition) is 3. The molecule has 2 amide bonds. The van der Waals surface area contributed by atoms with Gasteiger partial charge in [0.25, 0.3) is 0 Å². The van der Waals surface area contributed by atoms with E-state index in [4.69, 9.17) is 4.74 Å². The zero-order valence-electron chi connectivity index (χ0n) is 13.1. The van der Waals surface area contributed by atoms with E-state index in [9.17, 15) is 18.7 Å². The van der Waals surface area contributed by atoms with E-state index in [1.165, 1.54) is 36.4 Å². The van der Waals surface area contributed by atoms with Gasteiger partial charge in [-0.15, -0.1) is 0 Å². The van der Waals surface area contributed by atoms with Crippen LogP contribution in [0.3, 0.4) is 0 Å². The summed E-state index contributed by atoms with van der Waals surface area (Å²) in [6.45, 7) is 1.43. The van der Waals surface area contributed by atoms with Crippen LogP contribution in [0.25, 0.3) is 0 Å². The predicted molar refractivity (Wildman–Crippen MR) is 86.1 cm³/mol. The Labute approximate surface area is 138 Å². The first-order chi connectivity index (χ1) is 11.5. The van der Waals surface area contributed by atoms with Crippen molar-refractivity contribution in [2.24, 2.45) is 0 Å². The van der Waals surface area contributed by atoms with Gasteiger partial charge >= 0.3 is 6.03 Å². The van der Waals surface area contributed by atoms with Crippen LogP contribution in [0.2, 0.25) is 0 Å². The molecule has 0 fully saturated rings. The van der Waals surface area contributed by atoms with Crippen molar-refractivity contribution in [3.63, 3.8) is 0 Å². The fraction of sp³-hybridized carbons (Fsp3) is 0.235. The summed E-state index contributed by atoms with van der Waals surface area (Å²) in [6.07, 6.45) is -0.950. The molecule has 7 heteroatoms. The second-order valence-corrected chi connectivity index (χ2v) is 5.17. The van der Waals surface area contributed by atoms with Crippen LogP contribution < -0.4 is 15.4 Å². The maximum atomic E-state index is 13.4. The van der Waals surface area contributed by atoms with Crippen LogP contribution in [-0.4, -0.2) is 30.4 Å². The average molecular weight is 336 g/mol. The van der Waals surface area contributed by atoms with Crippen molar-refractivity contribution in [3.8, 4) is 5.75 Å². The second-order valence-electron chi connectivity index (χ2n) is 5.17. The van der Waals surface area contributed by atoms with Crippen LogP contribution in [0.15, 0.2) is 42.5 Å². The Kier molecular flexibility index (Phi) is 6.08. The Balaban J connectivity index is 1.74. The van der Waals surface area contributed by atoms with Gasteiger partial charge in [-0.05, 0) is 43.3 Å². The number of amides is 2. The molecule has 0 aliphatic carbocycles. The van der Waals surface area contributed by atoms with Crippen LogP contribution in [0.5, 0.6) is 5.75 Å².